The van der Waals surface area contributed by atoms with E-state index in [0.29, 0.717) is 6.42 Å². The number of allylic oxidation sites excluding steroid dienone is 11. The number of unbranched alkanes of at least 4 members (excludes halogenated alkanes) is 40. The van der Waals surface area contributed by atoms with Crippen LogP contribution in [0.3, 0.4) is 0 Å². The molecule has 0 aliphatic heterocycles. The largest absolute Gasteiger partial charge is 0.394 e. The maximum absolute atomic E-state index is 12.5. The molecule has 0 saturated carbocycles. The van der Waals surface area contributed by atoms with Crippen LogP contribution in [0, 0.1) is 0 Å². The van der Waals surface area contributed by atoms with Crippen molar-refractivity contribution in [3.63, 3.8) is 0 Å². The third kappa shape index (κ3) is 56.7. The molecule has 0 spiro atoms. The number of amides is 1. The van der Waals surface area contributed by atoms with Crippen LogP contribution in [0.5, 0.6) is 0 Å². The van der Waals surface area contributed by atoms with Crippen molar-refractivity contribution in [2.45, 2.75) is 334 Å². The number of nitrogens with one attached hydrogen (secondary N) is 1. The monoisotopic (exact) mass is 976 g/mol. The molecule has 1 amide bonds. The number of carbonyl (C=O) groups is 1. The van der Waals surface area contributed by atoms with Gasteiger partial charge in [0.15, 0.2) is 0 Å². The average molecular weight is 977 g/mol. The number of aliphatic hydroxyl groups is 2. The van der Waals surface area contributed by atoms with Gasteiger partial charge in [-0.05, 0) is 83.5 Å². The van der Waals surface area contributed by atoms with E-state index in [4.69, 9.17) is 0 Å². The summed E-state index contributed by atoms with van der Waals surface area (Å²) in [6, 6.07) is -0.650. The van der Waals surface area contributed by atoms with Crippen LogP contribution in [0.15, 0.2) is 72.9 Å². The van der Waals surface area contributed by atoms with Crippen LogP contribution in [0.4, 0.5) is 0 Å². The van der Waals surface area contributed by atoms with E-state index in [-0.39, 0.29) is 12.5 Å². The molecule has 2 unspecified atom stereocenters. The van der Waals surface area contributed by atoms with Gasteiger partial charge in [-0.3, -0.25) is 4.79 Å². The molecule has 4 nitrogen and oxygen atoms in total. The molecular formula is C66H121NO3. The SMILES string of the molecule is CCCCCCC/C=C\C/C=C\C/C=C\CCCCCCCCCCCCCCCCCCC(=O)NC(CO)C(O)/C=C/CC/C=C/CC/C=C/CCCCCCCCCCCCCCCCCCC. The molecule has 0 bridgehead atoms. The van der Waals surface area contributed by atoms with E-state index >= 15 is 0 Å². The quantitative estimate of drug-likeness (QED) is 0.0420. The first-order valence-corrected chi connectivity index (χ1v) is 31.2. The summed E-state index contributed by atoms with van der Waals surface area (Å²) in [5.74, 6) is -0.0759. The van der Waals surface area contributed by atoms with Crippen molar-refractivity contribution in [2.24, 2.45) is 0 Å². The fraction of sp³-hybridized carbons (Fsp3) is 0.803. The summed E-state index contributed by atoms with van der Waals surface area (Å²) in [5, 5.41) is 23.2. The van der Waals surface area contributed by atoms with Gasteiger partial charge >= 0.3 is 0 Å². The Kier molecular flexibility index (Phi) is 59.2. The predicted octanol–water partition coefficient (Wildman–Crippen LogP) is 20.9. The molecule has 0 aliphatic rings. The topological polar surface area (TPSA) is 69.6 Å². The first-order chi connectivity index (χ1) is 34.7. The molecule has 0 aliphatic carbocycles. The normalized spacial score (nSPS) is 13.3. The summed E-state index contributed by atoms with van der Waals surface area (Å²) in [5.41, 5.74) is 0. The molecule has 0 aromatic heterocycles. The Bertz CT molecular complexity index is 1200. The lowest BCUT2D eigenvalue weighted by Gasteiger charge is -2.19. The number of hydrogen-bond donors (Lipinski definition) is 3. The van der Waals surface area contributed by atoms with Crippen molar-refractivity contribution in [1.29, 1.82) is 0 Å². The highest BCUT2D eigenvalue weighted by Crippen LogP contribution is 2.17. The molecule has 408 valence electrons. The van der Waals surface area contributed by atoms with E-state index < -0.39 is 12.1 Å². The van der Waals surface area contributed by atoms with E-state index in [9.17, 15) is 15.0 Å². The summed E-state index contributed by atoms with van der Waals surface area (Å²) in [6.45, 7) is 4.31. The van der Waals surface area contributed by atoms with Crippen molar-refractivity contribution in [2.75, 3.05) is 6.61 Å². The van der Waals surface area contributed by atoms with Crippen LogP contribution in [0.1, 0.15) is 322 Å². The van der Waals surface area contributed by atoms with Crippen molar-refractivity contribution in [3.8, 4) is 0 Å². The van der Waals surface area contributed by atoms with Crippen LogP contribution in [0.2, 0.25) is 0 Å². The molecule has 0 saturated heterocycles. The third-order valence-electron chi connectivity index (χ3n) is 14.1. The fourth-order valence-electron chi connectivity index (χ4n) is 9.40. The standard InChI is InChI=1S/C66H121NO3/c1-3-5-7-9-11-13-15-17-19-21-23-25-27-29-31-32-33-34-36-38-40-42-44-46-48-50-52-54-56-58-60-62-66(70)67-64(63-68)65(69)61-59-57-55-53-51-49-47-45-43-41-39-37-35-30-28-26-24-22-20-18-16-14-12-10-8-6-4-2/h15,17,21,23,27,29,43,45,51,53,59,61,64-65,68-69H,3-14,16,18-20,22,24-26,28,30-42,44,46-50,52,54-58,60,62-63H2,1-2H3,(H,67,70)/b17-15-,23-21-,29-27-,45-43+,53-51+,61-59+. The Labute approximate surface area is 438 Å². The number of rotatable bonds is 57. The predicted molar refractivity (Wildman–Crippen MR) is 313 cm³/mol. The second-order valence-corrected chi connectivity index (χ2v) is 21.1. The third-order valence-corrected chi connectivity index (χ3v) is 14.1. The highest BCUT2D eigenvalue weighted by atomic mass is 16.3. The second-order valence-electron chi connectivity index (χ2n) is 21.1. The molecule has 2 atom stereocenters. The molecule has 0 heterocycles. The summed E-state index contributed by atoms with van der Waals surface area (Å²) >= 11 is 0. The second kappa shape index (κ2) is 61.1. The maximum Gasteiger partial charge on any atom is 0.220 e. The summed E-state index contributed by atoms with van der Waals surface area (Å²) in [6.07, 6.45) is 88.1. The molecule has 0 rings (SSSR count). The van der Waals surface area contributed by atoms with E-state index in [2.05, 4.69) is 79.9 Å². The van der Waals surface area contributed by atoms with Crippen LogP contribution in [-0.2, 0) is 4.79 Å². The summed E-state index contributed by atoms with van der Waals surface area (Å²) in [7, 11) is 0. The zero-order valence-corrected chi connectivity index (χ0v) is 47.0. The zero-order valence-electron chi connectivity index (χ0n) is 47.0. The molecule has 3 N–H and O–H groups in total. The lowest BCUT2D eigenvalue weighted by molar-refractivity contribution is -0.123. The van der Waals surface area contributed by atoms with Crippen LogP contribution in [0.25, 0.3) is 0 Å². The number of carbonyl (C=O) groups excluding carboxylic acids is 1. The molecular weight excluding hydrogens is 855 g/mol. The van der Waals surface area contributed by atoms with Crippen molar-refractivity contribution < 1.29 is 15.0 Å². The van der Waals surface area contributed by atoms with Gasteiger partial charge in [0, 0.05) is 6.42 Å². The molecule has 0 radical (unpaired) electrons. The van der Waals surface area contributed by atoms with E-state index in [0.717, 1.165) is 51.4 Å². The molecule has 0 aromatic carbocycles. The van der Waals surface area contributed by atoms with Gasteiger partial charge < -0.3 is 15.5 Å². The minimum atomic E-state index is -0.874. The first-order valence-electron chi connectivity index (χ1n) is 31.2. The highest BCUT2D eigenvalue weighted by Gasteiger charge is 2.18. The summed E-state index contributed by atoms with van der Waals surface area (Å²) < 4.78 is 0. The van der Waals surface area contributed by atoms with Gasteiger partial charge in [-0.1, -0.05) is 305 Å². The van der Waals surface area contributed by atoms with Crippen LogP contribution >= 0.6 is 0 Å². The smallest absolute Gasteiger partial charge is 0.220 e. The maximum atomic E-state index is 12.5. The Morgan fingerprint density at radius 1 is 0.343 bits per heavy atom. The van der Waals surface area contributed by atoms with Gasteiger partial charge in [0.2, 0.25) is 5.91 Å². The lowest BCUT2D eigenvalue weighted by Crippen LogP contribution is -2.45. The van der Waals surface area contributed by atoms with Crippen molar-refractivity contribution in [1.82, 2.24) is 5.32 Å². The van der Waals surface area contributed by atoms with Crippen molar-refractivity contribution >= 4 is 5.91 Å². The Morgan fingerprint density at radius 2 is 0.600 bits per heavy atom. The van der Waals surface area contributed by atoms with Crippen LogP contribution < -0.4 is 5.32 Å². The van der Waals surface area contributed by atoms with Crippen LogP contribution in [-0.4, -0.2) is 34.9 Å². The average Bonchev–Trinajstić information content (AvgIpc) is 3.36. The van der Waals surface area contributed by atoms with E-state index in [1.807, 2.05) is 6.08 Å². The minimum absolute atomic E-state index is 0.0759. The van der Waals surface area contributed by atoms with E-state index in [1.165, 1.54) is 250 Å². The molecule has 4 heteroatoms. The fourth-order valence-corrected chi connectivity index (χ4v) is 9.40. The first kappa shape index (κ1) is 67.8. The summed E-state index contributed by atoms with van der Waals surface area (Å²) in [4.78, 5) is 12.5. The number of aliphatic hydroxyl groups excluding tert-OH is 2. The highest BCUT2D eigenvalue weighted by molar-refractivity contribution is 5.76. The molecule has 0 aromatic rings. The minimum Gasteiger partial charge on any atom is -0.394 e. The Morgan fingerprint density at radius 3 is 0.929 bits per heavy atom. The molecule has 0 fully saturated rings. The lowest BCUT2D eigenvalue weighted by atomic mass is 10.0. The molecule has 70 heavy (non-hydrogen) atoms. The van der Waals surface area contributed by atoms with Gasteiger partial charge in [0.25, 0.3) is 0 Å². The van der Waals surface area contributed by atoms with Gasteiger partial charge in [0.05, 0.1) is 18.8 Å². The van der Waals surface area contributed by atoms with Gasteiger partial charge in [-0.25, -0.2) is 0 Å². The zero-order chi connectivity index (χ0) is 50.6. The Balaban J connectivity index is 3.54. The van der Waals surface area contributed by atoms with E-state index in [1.54, 1.807) is 6.08 Å². The van der Waals surface area contributed by atoms with Crippen molar-refractivity contribution in [3.05, 3.63) is 72.9 Å². The van der Waals surface area contributed by atoms with Gasteiger partial charge in [-0.2, -0.15) is 0 Å². The van der Waals surface area contributed by atoms with Gasteiger partial charge in [-0.15, -0.1) is 0 Å². The van der Waals surface area contributed by atoms with Gasteiger partial charge in [0.1, 0.15) is 0 Å². The Hall–Kier alpha value is -2.17. The number of hydrogen-bond acceptors (Lipinski definition) is 3.